The lowest BCUT2D eigenvalue weighted by Crippen LogP contribution is -2.44. The van der Waals surface area contributed by atoms with Gasteiger partial charge in [0.15, 0.2) is 5.96 Å². The van der Waals surface area contributed by atoms with Crippen LogP contribution in [0.1, 0.15) is 39.5 Å². The van der Waals surface area contributed by atoms with Gasteiger partial charge in [-0.05, 0) is 59.2 Å². The Labute approximate surface area is 170 Å². The molecule has 0 radical (unpaired) electrons. The monoisotopic (exact) mass is 396 g/mol. The third-order valence-corrected chi connectivity index (χ3v) is 5.71. The van der Waals surface area contributed by atoms with Gasteiger partial charge in [0.2, 0.25) is 5.91 Å². The van der Waals surface area contributed by atoms with Gasteiger partial charge in [-0.1, -0.05) is 0 Å². The van der Waals surface area contributed by atoms with E-state index in [1.807, 2.05) is 0 Å². The van der Waals surface area contributed by atoms with Crippen molar-refractivity contribution in [2.24, 2.45) is 16.6 Å². The molecular formula is C20H40N6O2. The SMILES string of the molecule is CCNC(=NCC(C)N1CCOCC1)NCCCCN1CCC(C(N)=O)CC1. The molecule has 0 aromatic carbocycles. The van der Waals surface area contributed by atoms with E-state index < -0.39 is 0 Å². The number of rotatable bonds is 10. The van der Waals surface area contributed by atoms with Crippen molar-refractivity contribution in [2.75, 3.05) is 65.6 Å². The zero-order chi connectivity index (χ0) is 20.2. The number of ether oxygens (including phenoxy) is 1. The highest BCUT2D eigenvalue weighted by atomic mass is 16.5. The standard InChI is InChI=1S/C20H40N6O2/c1-3-22-20(24-16-17(2)26-12-14-28-15-13-26)23-8-4-5-9-25-10-6-18(7-11-25)19(21)27/h17-18H,3-16H2,1-2H3,(H2,21,27)(H2,22,23,24). The summed E-state index contributed by atoms with van der Waals surface area (Å²) in [6, 6.07) is 0.433. The normalized spacial score (nSPS) is 21.4. The van der Waals surface area contributed by atoms with Crippen molar-refractivity contribution in [2.45, 2.75) is 45.6 Å². The number of hydrogen-bond donors (Lipinski definition) is 3. The molecule has 8 heteroatoms. The number of likely N-dealkylation sites (tertiary alicyclic amines) is 1. The number of unbranched alkanes of at least 4 members (excludes halogenated alkanes) is 1. The molecule has 8 nitrogen and oxygen atoms in total. The van der Waals surface area contributed by atoms with Crippen molar-refractivity contribution >= 4 is 11.9 Å². The summed E-state index contributed by atoms with van der Waals surface area (Å²) >= 11 is 0. The third kappa shape index (κ3) is 8.32. The number of morpholine rings is 1. The Balaban J connectivity index is 1.60. The van der Waals surface area contributed by atoms with Crippen molar-refractivity contribution in [3.63, 3.8) is 0 Å². The van der Waals surface area contributed by atoms with E-state index in [2.05, 4.69) is 34.3 Å². The van der Waals surface area contributed by atoms with Gasteiger partial charge in [0, 0.05) is 38.1 Å². The predicted octanol–water partition coefficient (Wildman–Crippen LogP) is 0.240. The first-order valence-electron chi connectivity index (χ1n) is 11.0. The van der Waals surface area contributed by atoms with Crippen LogP contribution < -0.4 is 16.4 Å². The molecule has 1 atom stereocenters. The molecule has 2 heterocycles. The van der Waals surface area contributed by atoms with Gasteiger partial charge in [-0.2, -0.15) is 0 Å². The number of aliphatic imine (C=N–C) groups is 1. The minimum Gasteiger partial charge on any atom is -0.379 e. The summed E-state index contributed by atoms with van der Waals surface area (Å²) in [6.45, 7) is 13.6. The van der Waals surface area contributed by atoms with E-state index in [9.17, 15) is 4.79 Å². The van der Waals surface area contributed by atoms with E-state index in [1.165, 1.54) is 0 Å². The first kappa shape index (κ1) is 22.9. The summed E-state index contributed by atoms with van der Waals surface area (Å²) in [5.74, 6) is 0.851. The Morgan fingerprint density at radius 2 is 1.89 bits per heavy atom. The van der Waals surface area contributed by atoms with Crippen LogP contribution in [0.5, 0.6) is 0 Å². The van der Waals surface area contributed by atoms with Crippen LogP contribution in [0.25, 0.3) is 0 Å². The number of guanidine groups is 1. The van der Waals surface area contributed by atoms with Gasteiger partial charge < -0.3 is 26.0 Å². The lowest BCUT2D eigenvalue weighted by Gasteiger charge is -2.31. The molecular weight excluding hydrogens is 356 g/mol. The quantitative estimate of drug-likeness (QED) is 0.278. The topological polar surface area (TPSA) is 95.2 Å². The van der Waals surface area contributed by atoms with Crippen LogP contribution in [0, 0.1) is 5.92 Å². The summed E-state index contributed by atoms with van der Waals surface area (Å²) in [5.41, 5.74) is 5.40. The van der Waals surface area contributed by atoms with Crippen LogP contribution in [0.15, 0.2) is 4.99 Å². The van der Waals surface area contributed by atoms with Gasteiger partial charge in [-0.3, -0.25) is 14.7 Å². The fourth-order valence-corrected chi connectivity index (χ4v) is 3.81. The second kappa shape index (κ2) is 13.0. The van der Waals surface area contributed by atoms with Crippen LogP contribution >= 0.6 is 0 Å². The Hall–Kier alpha value is -1.38. The molecule has 2 saturated heterocycles. The van der Waals surface area contributed by atoms with E-state index >= 15 is 0 Å². The molecule has 0 bridgehead atoms. The fraction of sp³-hybridized carbons (Fsp3) is 0.900. The third-order valence-electron chi connectivity index (χ3n) is 5.71. The molecule has 4 N–H and O–H groups in total. The van der Waals surface area contributed by atoms with E-state index in [1.54, 1.807) is 0 Å². The summed E-state index contributed by atoms with van der Waals surface area (Å²) in [5, 5.41) is 6.79. The van der Waals surface area contributed by atoms with E-state index in [-0.39, 0.29) is 11.8 Å². The summed E-state index contributed by atoms with van der Waals surface area (Å²) in [4.78, 5) is 20.9. The molecule has 0 saturated carbocycles. The number of carbonyl (C=O) groups is 1. The molecule has 2 rings (SSSR count). The van der Waals surface area contributed by atoms with E-state index in [0.717, 1.165) is 97.2 Å². The highest BCUT2D eigenvalue weighted by Gasteiger charge is 2.22. The number of nitrogens with one attached hydrogen (secondary N) is 2. The van der Waals surface area contributed by atoms with E-state index in [0.29, 0.717) is 6.04 Å². The zero-order valence-electron chi connectivity index (χ0n) is 17.8. The minimum atomic E-state index is -0.137. The van der Waals surface area contributed by atoms with Crippen molar-refractivity contribution in [1.82, 2.24) is 20.4 Å². The minimum absolute atomic E-state index is 0.0802. The Kier molecular flexibility index (Phi) is 10.6. The van der Waals surface area contributed by atoms with Crippen LogP contribution in [-0.4, -0.2) is 93.3 Å². The highest BCUT2D eigenvalue weighted by Crippen LogP contribution is 2.16. The Morgan fingerprint density at radius 3 is 2.54 bits per heavy atom. The summed E-state index contributed by atoms with van der Waals surface area (Å²) < 4.78 is 5.42. The molecule has 2 aliphatic heterocycles. The molecule has 2 fully saturated rings. The molecule has 1 unspecified atom stereocenters. The fourth-order valence-electron chi connectivity index (χ4n) is 3.81. The second-order valence-electron chi connectivity index (χ2n) is 7.87. The number of hydrogen-bond acceptors (Lipinski definition) is 5. The van der Waals surface area contributed by atoms with Crippen molar-refractivity contribution in [3.8, 4) is 0 Å². The maximum Gasteiger partial charge on any atom is 0.220 e. The van der Waals surface area contributed by atoms with Gasteiger partial charge >= 0.3 is 0 Å². The average molecular weight is 397 g/mol. The van der Waals surface area contributed by atoms with Crippen LogP contribution in [-0.2, 0) is 9.53 Å². The number of amides is 1. The lowest BCUT2D eigenvalue weighted by atomic mass is 9.96. The Bertz CT molecular complexity index is 473. The summed E-state index contributed by atoms with van der Waals surface area (Å²) in [6.07, 6.45) is 4.08. The first-order chi connectivity index (χ1) is 13.6. The number of carbonyl (C=O) groups excluding carboxylic acids is 1. The maximum absolute atomic E-state index is 11.2. The van der Waals surface area contributed by atoms with Crippen molar-refractivity contribution in [1.29, 1.82) is 0 Å². The Morgan fingerprint density at radius 1 is 1.18 bits per heavy atom. The lowest BCUT2D eigenvalue weighted by molar-refractivity contribution is -0.123. The zero-order valence-corrected chi connectivity index (χ0v) is 17.8. The predicted molar refractivity (Wildman–Crippen MR) is 113 cm³/mol. The van der Waals surface area contributed by atoms with Crippen molar-refractivity contribution < 1.29 is 9.53 Å². The smallest absolute Gasteiger partial charge is 0.220 e. The molecule has 162 valence electrons. The molecule has 0 aromatic heterocycles. The number of piperidine rings is 1. The number of primary amides is 1. The second-order valence-corrected chi connectivity index (χ2v) is 7.87. The molecule has 0 spiro atoms. The largest absolute Gasteiger partial charge is 0.379 e. The van der Waals surface area contributed by atoms with Gasteiger partial charge in [0.05, 0.1) is 19.8 Å². The molecule has 1 amide bonds. The van der Waals surface area contributed by atoms with Crippen LogP contribution in [0.2, 0.25) is 0 Å². The van der Waals surface area contributed by atoms with E-state index in [4.69, 9.17) is 15.5 Å². The van der Waals surface area contributed by atoms with Crippen LogP contribution in [0.4, 0.5) is 0 Å². The first-order valence-corrected chi connectivity index (χ1v) is 11.0. The van der Waals surface area contributed by atoms with Gasteiger partial charge in [0.1, 0.15) is 0 Å². The van der Waals surface area contributed by atoms with Crippen LogP contribution in [0.3, 0.4) is 0 Å². The molecule has 2 aliphatic rings. The average Bonchev–Trinajstić information content (AvgIpc) is 2.72. The number of nitrogens with zero attached hydrogens (tertiary/aromatic N) is 3. The van der Waals surface area contributed by atoms with Crippen molar-refractivity contribution in [3.05, 3.63) is 0 Å². The molecule has 0 aromatic rings. The molecule has 0 aliphatic carbocycles. The van der Waals surface area contributed by atoms with Gasteiger partial charge in [-0.25, -0.2) is 0 Å². The van der Waals surface area contributed by atoms with Gasteiger partial charge in [-0.15, -0.1) is 0 Å². The van der Waals surface area contributed by atoms with Gasteiger partial charge in [0.25, 0.3) is 0 Å². The highest BCUT2D eigenvalue weighted by molar-refractivity contribution is 5.79. The molecule has 28 heavy (non-hydrogen) atoms. The summed E-state index contributed by atoms with van der Waals surface area (Å²) in [7, 11) is 0. The maximum atomic E-state index is 11.2. The number of nitrogens with two attached hydrogens (primary N) is 1.